The molecule has 0 unspecified atom stereocenters. The van der Waals surface area contributed by atoms with Gasteiger partial charge in [-0.2, -0.15) is 50.2 Å². The van der Waals surface area contributed by atoms with Gasteiger partial charge < -0.3 is 13.8 Å². The van der Waals surface area contributed by atoms with Crippen LogP contribution in [0.15, 0.2) is 30.3 Å². The minimum absolute atomic E-state index is 0. The number of benzene rings is 1. The molecule has 0 aliphatic carbocycles. The van der Waals surface area contributed by atoms with Crippen molar-refractivity contribution in [3.8, 4) is 0 Å². The molecule has 0 saturated carbocycles. The number of rotatable bonds is 0. The largest absolute Gasteiger partial charge is 3.00 e. The van der Waals surface area contributed by atoms with Crippen LogP contribution in [-0.2, 0) is 21.1 Å². The Labute approximate surface area is 85.3 Å². The first-order chi connectivity index (χ1) is 5.00. The van der Waals surface area contributed by atoms with E-state index in [-0.39, 0.29) is 21.1 Å². The zero-order chi connectivity index (χ0) is 8.24. The molecule has 0 bridgehead atoms. The van der Waals surface area contributed by atoms with Gasteiger partial charge in [0.1, 0.15) is 0 Å². The van der Waals surface area contributed by atoms with Gasteiger partial charge in [0.25, 0.3) is 0 Å². The Morgan fingerprint density at radius 1 is 0.818 bits per heavy atom. The maximum atomic E-state index is 3.25. The summed E-state index contributed by atoms with van der Waals surface area (Å²) in [6, 6.07) is 12.5. The maximum Gasteiger partial charge on any atom is 3.00 e. The third-order valence-corrected chi connectivity index (χ3v) is 0.607. The van der Waals surface area contributed by atoms with E-state index in [0.29, 0.717) is 0 Å². The van der Waals surface area contributed by atoms with Crippen molar-refractivity contribution >= 4 is 0 Å². The molecule has 0 nitrogen and oxygen atoms in total. The summed E-state index contributed by atoms with van der Waals surface area (Å²) < 4.78 is 0. The fourth-order valence-corrected chi connectivity index (χ4v) is 0.342. The molecule has 61 valence electrons. The molecular formula is C10H15Mo. The van der Waals surface area contributed by atoms with E-state index in [2.05, 4.69) is 19.9 Å². The molecule has 0 aliphatic rings. The fraction of sp³-hybridized carbons (Fsp3) is 0.200. The zero-order valence-electron chi connectivity index (χ0n) is 7.21. The van der Waals surface area contributed by atoms with Crippen molar-refractivity contribution < 1.29 is 21.1 Å². The van der Waals surface area contributed by atoms with Crippen molar-refractivity contribution in [3.63, 3.8) is 0 Å². The normalized spacial score (nSPS) is 5.45. The first-order valence-electron chi connectivity index (χ1n) is 3.32. The monoisotopic (exact) mass is 233 g/mol. The van der Waals surface area contributed by atoms with Gasteiger partial charge in [-0.15, -0.1) is 0 Å². The Kier molecular flexibility index (Phi) is 35.1. The van der Waals surface area contributed by atoms with Gasteiger partial charge in [-0.3, -0.25) is 0 Å². The second kappa shape index (κ2) is 22.5. The molecule has 0 heterocycles. The van der Waals surface area contributed by atoms with Crippen LogP contribution in [0.25, 0.3) is 0 Å². The van der Waals surface area contributed by atoms with E-state index >= 15 is 0 Å². The van der Waals surface area contributed by atoms with Crippen LogP contribution in [0.4, 0.5) is 0 Å². The minimum atomic E-state index is 0. The van der Waals surface area contributed by atoms with Crippen molar-refractivity contribution in [2.24, 2.45) is 0 Å². The van der Waals surface area contributed by atoms with E-state index < -0.39 is 0 Å². The third kappa shape index (κ3) is 17.8. The SMILES string of the molecule is [CH2-]C.[CH2-]C.[Mo+3].[c-]1ccccc1. The summed E-state index contributed by atoms with van der Waals surface area (Å²) in [6.07, 6.45) is 0. The molecule has 1 aromatic rings. The Morgan fingerprint density at radius 3 is 1.27 bits per heavy atom. The van der Waals surface area contributed by atoms with Crippen LogP contribution >= 0.6 is 0 Å². The Hall–Kier alpha value is -0.0917. The molecule has 0 saturated heterocycles. The molecule has 0 fully saturated rings. The van der Waals surface area contributed by atoms with Crippen LogP contribution in [0.1, 0.15) is 13.8 Å². The van der Waals surface area contributed by atoms with Crippen LogP contribution in [0, 0.1) is 19.9 Å². The summed E-state index contributed by atoms with van der Waals surface area (Å²) in [7, 11) is 0. The van der Waals surface area contributed by atoms with Crippen LogP contribution < -0.4 is 0 Å². The molecule has 1 radical (unpaired) electrons. The standard InChI is InChI=1S/C6H5.2C2H5.Mo/c1-2-4-6-5-3-1;2*1-2;/h1-5H;2*1H2,2H3;/q3*-1;+3. The molecule has 0 aromatic heterocycles. The predicted octanol–water partition coefficient (Wildman–Crippen LogP) is 3.17. The van der Waals surface area contributed by atoms with Gasteiger partial charge in [0.15, 0.2) is 0 Å². The van der Waals surface area contributed by atoms with Gasteiger partial charge in [0, 0.05) is 0 Å². The van der Waals surface area contributed by atoms with Gasteiger partial charge in [0.2, 0.25) is 0 Å². The average molecular weight is 231 g/mol. The van der Waals surface area contributed by atoms with Crippen LogP contribution in [0.3, 0.4) is 0 Å². The van der Waals surface area contributed by atoms with E-state index in [1.165, 1.54) is 0 Å². The van der Waals surface area contributed by atoms with Crippen LogP contribution in [-0.4, -0.2) is 0 Å². The molecular weight excluding hydrogens is 216 g/mol. The predicted molar refractivity (Wildman–Crippen MR) is 47.3 cm³/mol. The van der Waals surface area contributed by atoms with Crippen molar-refractivity contribution in [2.45, 2.75) is 13.8 Å². The van der Waals surface area contributed by atoms with Gasteiger partial charge in [-0.25, -0.2) is 0 Å². The third-order valence-electron chi connectivity index (χ3n) is 0.607. The first kappa shape index (κ1) is 17.1. The van der Waals surface area contributed by atoms with Crippen molar-refractivity contribution in [1.82, 2.24) is 0 Å². The van der Waals surface area contributed by atoms with E-state index in [1.54, 1.807) is 13.8 Å². The molecule has 0 N–H and O–H groups in total. The second-order valence-corrected chi connectivity index (χ2v) is 1.08. The molecule has 1 rings (SSSR count). The number of hydrogen-bond acceptors (Lipinski definition) is 0. The summed E-state index contributed by atoms with van der Waals surface area (Å²) >= 11 is 0. The van der Waals surface area contributed by atoms with Crippen LogP contribution in [0.5, 0.6) is 0 Å². The summed E-state index contributed by atoms with van der Waals surface area (Å²) in [4.78, 5) is 0. The molecule has 0 aliphatic heterocycles. The molecule has 1 heteroatoms. The van der Waals surface area contributed by atoms with E-state index in [0.717, 1.165) is 0 Å². The topological polar surface area (TPSA) is 0 Å². The second-order valence-electron chi connectivity index (χ2n) is 1.08. The molecule has 0 spiro atoms. The number of hydrogen-bond donors (Lipinski definition) is 0. The van der Waals surface area contributed by atoms with E-state index in [1.807, 2.05) is 30.3 Å². The van der Waals surface area contributed by atoms with Gasteiger partial charge in [-0.05, 0) is 0 Å². The van der Waals surface area contributed by atoms with E-state index in [9.17, 15) is 0 Å². The fourth-order valence-electron chi connectivity index (χ4n) is 0.342. The Morgan fingerprint density at radius 2 is 1.18 bits per heavy atom. The van der Waals surface area contributed by atoms with Gasteiger partial charge in [-0.1, -0.05) is 0 Å². The average Bonchev–Trinajstić information content (AvgIpc) is 2.14. The van der Waals surface area contributed by atoms with Gasteiger partial charge >= 0.3 is 21.1 Å². The summed E-state index contributed by atoms with van der Waals surface area (Å²) in [5.41, 5.74) is 0. The molecule has 0 amide bonds. The first-order valence-corrected chi connectivity index (χ1v) is 3.32. The summed E-state index contributed by atoms with van der Waals surface area (Å²) in [5, 5.41) is 0. The van der Waals surface area contributed by atoms with Crippen molar-refractivity contribution in [2.75, 3.05) is 0 Å². The Balaban J connectivity index is -0.000000114. The summed E-state index contributed by atoms with van der Waals surface area (Å²) in [6.45, 7) is 10.0. The van der Waals surface area contributed by atoms with Crippen molar-refractivity contribution in [3.05, 3.63) is 50.2 Å². The smallest absolute Gasteiger partial charge is 0.346 e. The Bertz CT molecular complexity index is 76.8. The van der Waals surface area contributed by atoms with Crippen LogP contribution in [0.2, 0.25) is 0 Å². The zero-order valence-corrected chi connectivity index (χ0v) is 9.22. The molecule has 1 aromatic carbocycles. The van der Waals surface area contributed by atoms with Crippen molar-refractivity contribution in [1.29, 1.82) is 0 Å². The molecule has 0 atom stereocenters. The van der Waals surface area contributed by atoms with E-state index in [4.69, 9.17) is 0 Å². The quantitative estimate of drug-likeness (QED) is 0.475. The minimum Gasteiger partial charge on any atom is -0.346 e. The maximum absolute atomic E-state index is 3.25. The molecule has 11 heavy (non-hydrogen) atoms. The summed E-state index contributed by atoms with van der Waals surface area (Å²) in [5.74, 6) is 0. The van der Waals surface area contributed by atoms with Gasteiger partial charge in [0.05, 0.1) is 0 Å².